The summed E-state index contributed by atoms with van der Waals surface area (Å²) in [6.45, 7) is 9.88. The molecule has 2 N–H and O–H groups in total. The van der Waals surface area contributed by atoms with E-state index >= 15 is 0 Å². The van der Waals surface area contributed by atoms with Crippen molar-refractivity contribution in [2.24, 2.45) is 0 Å². The summed E-state index contributed by atoms with van der Waals surface area (Å²) in [6, 6.07) is 15.5. The van der Waals surface area contributed by atoms with Crippen LogP contribution in [0.3, 0.4) is 0 Å². The molecule has 0 spiro atoms. The molecule has 68 heavy (non-hydrogen) atoms. The minimum Gasteiger partial charge on any atom is -0.399 e. The summed E-state index contributed by atoms with van der Waals surface area (Å²) in [6.07, 6.45) is 19.1. The predicted octanol–water partition coefficient (Wildman–Crippen LogP) is 5.03. The minimum absolute atomic E-state index is 0. The zero-order chi connectivity index (χ0) is 47.1. The maximum atomic E-state index is 12.6. The van der Waals surface area contributed by atoms with Crippen LogP contribution >= 0.6 is 15.9 Å². The lowest BCUT2D eigenvalue weighted by molar-refractivity contribution is 0.00578. The number of pyridine rings is 2. The van der Waals surface area contributed by atoms with E-state index in [1.807, 2.05) is 76.5 Å². The number of halogens is 1. The standard InChI is InChI=1S/C16H13N7O.C12H16BN3O2.C10H9BrN4O.C9H4.CH4/c24-16(20-11-4-5-11)14-15(23-13(21-14)2-1-7-18-23)10-3-6-12-17-9-19-22(12)8-10;1-11(2)12(3,4)18-13(17-11)9-5-6-10-14-8-15-16(10)7-9;11-9-8(10(16)13-6-3-4-6)14-7-2-1-5-12-15(7)9;1-3-5-7-9-8-6-4-2;/h1-3,6-9,11H,4-5H2,(H,20,24);5-8H,1-4H3;1-2,5-6H,3-4H2,(H,13,16);1H,2H3;1H4. The molecule has 0 unspecified atom stereocenters. The van der Waals surface area contributed by atoms with Crippen LogP contribution in [0.5, 0.6) is 0 Å². The van der Waals surface area contributed by atoms with E-state index in [1.54, 1.807) is 49.5 Å². The van der Waals surface area contributed by atoms with Crippen LogP contribution in [-0.2, 0) is 9.31 Å². The van der Waals surface area contributed by atoms with Gasteiger partial charge in [-0.1, -0.05) is 19.4 Å². The molecule has 1 aliphatic heterocycles. The highest BCUT2D eigenvalue weighted by Crippen LogP contribution is 2.36. The minimum atomic E-state index is -0.358. The summed E-state index contributed by atoms with van der Waals surface area (Å²) in [5.74, 6) is 16.7. The van der Waals surface area contributed by atoms with Gasteiger partial charge in [0.2, 0.25) is 0 Å². The molecule has 3 aliphatic rings. The monoisotopic (exact) mass is 972 g/mol. The third-order valence-corrected chi connectivity index (χ3v) is 11.5. The van der Waals surface area contributed by atoms with E-state index in [0.29, 0.717) is 39.0 Å². The number of hydrogen-bond acceptors (Lipinski definition) is 12. The summed E-state index contributed by atoms with van der Waals surface area (Å²) in [7, 11) is -0.358. The highest BCUT2D eigenvalue weighted by molar-refractivity contribution is 9.10. The van der Waals surface area contributed by atoms with E-state index in [9.17, 15) is 9.59 Å². The lowest BCUT2D eigenvalue weighted by Crippen LogP contribution is -2.41. The molecule has 18 nitrogen and oxygen atoms in total. The van der Waals surface area contributed by atoms with Crippen LogP contribution in [0.1, 0.15) is 88.7 Å². The van der Waals surface area contributed by atoms with Crippen molar-refractivity contribution in [3.8, 4) is 59.1 Å². The Morgan fingerprint density at radius 3 is 1.82 bits per heavy atom. The van der Waals surface area contributed by atoms with Gasteiger partial charge in [0.05, 0.1) is 11.2 Å². The van der Waals surface area contributed by atoms with Gasteiger partial charge in [-0.05, 0) is 154 Å². The van der Waals surface area contributed by atoms with Crippen molar-refractivity contribution in [2.75, 3.05) is 0 Å². The SMILES string of the molecule is C.C#CC#CC#CC#CC.CC1(C)OB(c2ccc3ncnn3c2)OC1(C)C.O=C(NC1CC1)c1nc2cccnn2c1-c1ccc2ncnn2c1.O=C(NC1CC1)c1nc2cccnn2c1Br. The van der Waals surface area contributed by atoms with Gasteiger partial charge in [-0.15, -0.1) is 6.42 Å². The molecule has 8 aromatic heterocycles. The first-order valence-corrected chi connectivity index (χ1v) is 21.9. The topological polar surface area (TPSA) is 197 Å². The van der Waals surface area contributed by atoms with Gasteiger partial charge in [-0.2, -0.15) is 20.4 Å². The quantitative estimate of drug-likeness (QED) is 0.167. The summed E-state index contributed by atoms with van der Waals surface area (Å²) >= 11 is 3.34. The van der Waals surface area contributed by atoms with Crippen LogP contribution in [0.4, 0.5) is 0 Å². The number of fused-ring (bicyclic) bond motifs is 4. The molecule has 2 aliphatic carbocycles. The Hall–Kier alpha value is -7.88. The second kappa shape index (κ2) is 20.7. The molecule has 342 valence electrons. The van der Waals surface area contributed by atoms with Gasteiger partial charge in [-0.3, -0.25) is 9.59 Å². The van der Waals surface area contributed by atoms with Crippen molar-refractivity contribution in [2.45, 2.75) is 91.0 Å². The maximum Gasteiger partial charge on any atom is 0.496 e. The number of imidazole rings is 2. The van der Waals surface area contributed by atoms with E-state index in [2.05, 4.69) is 108 Å². The second-order valence-corrected chi connectivity index (χ2v) is 17.0. The highest BCUT2D eigenvalue weighted by Gasteiger charge is 2.51. The Balaban J connectivity index is 0.000000140. The normalized spacial score (nSPS) is 14.9. The lowest BCUT2D eigenvalue weighted by Gasteiger charge is -2.32. The van der Waals surface area contributed by atoms with Crippen molar-refractivity contribution in [1.82, 2.24) is 69.0 Å². The third-order valence-electron chi connectivity index (χ3n) is 10.8. The van der Waals surface area contributed by atoms with Gasteiger partial charge < -0.3 is 19.9 Å². The number of carbonyl (C=O) groups is 2. The van der Waals surface area contributed by atoms with Gasteiger partial charge >= 0.3 is 7.12 Å². The molecular formula is C48H46BBrN14O4. The van der Waals surface area contributed by atoms with Crippen LogP contribution < -0.4 is 16.1 Å². The summed E-state index contributed by atoms with van der Waals surface area (Å²) in [5, 5.41) is 22.6. The summed E-state index contributed by atoms with van der Waals surface area (Å²) in [4.78, 5) is 41.4. The smallest absolute Gasteiger partial charge is 0.399 e. The van der Waals surface area contributed by atoms with Crippen molar-refractivity contribution >= 4 is 62.9 Å². The van der Waals surface area contributed by atoms with Crippen LogP contribution in [0, 0.1) is 47.9 Å². The molecule has 8 aromatic rings. The number of hydrogen-bond donors (Lipinski definition) is 2. The molecule has 0 bridgehead atoms. The van der Waals surface area contributed by atoms with Gasteiger partial charge in [-0.25, -0.2) is 38.0 Å². The fourth-order valence-corrected chi connectivity index (χ4v) is 6.92. The van der Waals surface area contributed by atoms with Gasteiger partial charge in [0.25, 0.3) is 11.8 Å². The van der Waals surface area contributed by atoms with Crippen LogP contribution in [0.2, 0.25) is 0 Å². The largest absolute Gasteiger partial charge is 0.496 e. The molecule has 11 rings (SSSR count). The average Bonchev–Trinajstić information content (AvgIpc) is 4.05. The Kier molecular flexibility index (Phi) is 14.7. The number of rotatable bonds is 6. The van der Waals surface area contributed by atoms with Gasteiger partial charge in [0.15, 0.2) is 34.0 Å². The first kappa shape index (κ1) is 48.1. The fraction of sp³-hybridized carbons (Fsp3) is 0.292. The van der Waals surface area contributed by atoms with Crippen LogP contribution in [0.15, 0.2) is 90.6 Å². The molecule has 20 heteroatoms. The van der Waals surface area contributed by atoms with Crippen LogP contribution in [0.25, 0.3) is 33.8 Å². The van der Waals surface area contributed by atoms with Crippen molar-refractivity contribution in [3.05, 3.63) is 102 Å². The molecule has 0 aromatic carbocycles. The number of amides is 2. The Bertz CT molecular complexity index is 3360. The summed E-state index contributed by atoms with van der Waals surface area (Å²) in [5.41, 5.74) is 5.38. The molecule has 2 saturated carbocycles. The Labute approximate surface area is 401 Å². The van der Waals surface area contributed by atoms with E-state index in [1.165, 1.54) is 12.7 Å². The number of nitrogens with zero attached hydrogens (tertiary/aromatic N) is 12. The number of terminal acetylenes is 1. The fourth-order valence-electron chi connectivity index (χ4n) is 6.37. The maximum absolute atomic E-state index is 12.6. The average molecular weight is 974 g/mol. The Morgan fingerprint density at radius 1 is 0.706 bits per heavy atom. The second-order valence-electron chi connectivity index (χ2n) is 16.3. The van der Waals surface area contributed by atoms with Crippen molar-refractivity contribution < 1.29 is 18.9 Å². The molecule has 0 atom stereocenters. The van der Waals surface area contributed by atoms with Crippen molar-refractivity contribution in [1.29, 1.82) is 0 Å². The molecular weight excluding hydrogens is 927 g/mol. The molecule has 1 saturated heterocycles. The van der Waals surface area contributed by atoms with E-state index < -0.39 is 0 Å². The van der Waals surface area contributed by atoms with Crippen LogP contribution in [-0.4, -0.2) is 101 Å². The van der Waals surface area contributed by atoms with E-state index in [0.717, 1.165) is 48.0 Å². The predicted molar refractivity (Wildman–Crippen MR) is 260 cm³/mol. The number of aromatic nitrogens is 12. The molecule has 0 radical (unpaired) electrons. The zero-order valence-electron chi connectivity index (χ0n) is 37.1. The zero-order valence-corrected chi connectivity index (χ0v) is 38.7. The molecule has 9 heterocycles. The van der Waals surface area contributed by atoms with Gasteiger partial charge in [0, 0.05) is 47.9 Å². The summed E-state index contributed by atoms with van der Waals surface area (Å²) < 4.78 is 19.3. The van der Waals surface area contributed by atoms with E-state index in [4.69, 9.17) is 15.7 Å². The molecule has 2 amide bonds. The Morgan fingerprint density at radius 2 is 1.24 bits per heavy atom. The number of nitrogens with one attached hydrogen (secondary N) is 2. The molecule has 3 fully saturated rings. The first-order valence-electron chi connectivity index (χ1n) is 21.1. The van der Waals surface area contributed by atoms with Gasteiger partial charge in [0.1, 0.15) is 23.0 Å². The lowest BCUT2D eigenvalue weighted by atomic mass is 9.80. The number of carbonyl (C=O) groups excluding carboxylic acids is 2. The van der Waals surface area contributed by atoms with E-state index in [-0.39, 0.29) is 43.6 Å². The third kappa shape index (κ3) is 11.0. The highest BCUT2D eigenvalue weighted by atomic mass is 79.9. The first-order chi connectivity index (χ1) is 32.4. The van der Waals surface area contributed by atoms with Crippen molar-refractivity contribution in [3.63, 3.8) is 0 Å².